The molecule has 2 rings (SSSR count). The van der Waals surface area contributed by atoms with Gasteiger partial charge in [-0.3, -0.25) is 14.4 Å². The molecule has 0 aromatic heterocycles. The number of Topliss-reactive ketones (excluding diaryl/α,β-unsaturated/α-hetero) is 1. The van der Waals surface area contributed by atoms with E-state index in [-0.39, 0.29) is 6.42 Å². The van der Waals surface area contributed by atoms with Gasteiger partial charge in [-0.1, -0.05) is 0 Å². The van der Waals surface area contributed by atoms with Crippen molar-refractivity contribution in [1.82, 2.24) is 5.32 Å². The van der Waals surface area contributed by atoms with Crippen LogP contribution in [0, 0.1) is 29.1 Å². The maximum Gasteiger partial charge on any atom is 0.304 e. The van der Waals surface area contributed by atoms with E-state index in [1.54, 1.807) is 6.07 Å². The molecule has 1 saturated heterocycles. The van der Waals surface area contributed by atoms with E-state index in [4.69, 9.17) is 10.4 Å². The molecule has 1 heterocycles. The minimum absolute atomic E-state index is 0.0236. The average molecular weight is 300 g/mol. The molecule has 2 N–H and O–H groups in total. The lowest BCUT2D eigenvalue weighted by molar-refractivity contribution is -0.140. The molecule has 6 nitrogen and oxygen atoms in total. The Bertz CT molecular complexity index is 529. The number of rotatable bonds is 4. The lowest BCUT2D eigenvalue weighted by Crippen LogP contribution is -2.38. The Hall–Kier alpha value is -2.04. The Morgan fingerprint density at radius 3 is 2.67 bits per heavy atom. The standard InChI is InChI=1S/C13H14F2N2O4/c14-13(15)3-7(5-16)8(4-13)11(20)9-1-6(2-10(18)19)12(21)17-9/h6-9H,1-4H2,(H,17,21)(H,18,19)/t6-,7-,8?,9-/m0/s1. The monoisotopic (exact) mass is 300 g/mol. The Labute approximate surface area is 119 Å². The van der Waals surface area contributed by atoms with Crippen LogP contribution in [-0.2, 0) is 14.4 Å². The van der Waals surface area contributed by atoms with Gasteiger partial charge in [0.25, 0.3) is 0 Å². The van der Waals surface area contributed by atoms with E-state index >= 15 is 0 Å². The Kier molecular flexibility index (Phi) is 3.94. The van der Waals surface area contributed by atoms with Crippen LogP contribution in [-0.4, -0.2) is 34.7 Å². The molecule has 1 aliphatic carbocycles. The van der Waals surface area contributed by atoms with Crippen molar-refractivity contribution >= 4 is 17.7 Å². The number of hydrogen-bond acceptors (Lipinski definition) is 4. The fraction of sp³-hybridized carbons (Fsp3) is 0.692. The number of alkyl halides is 2. The van der Waals surface area contributed by atoms with Gasteiger partial charge in [0.15, 0.2) is 5.78 Å². The Morgan fingerprint density at radius 2 is 2.10 bits per heavy atom. The number of halogens is 2. The zero-order chi connectivity index (χ0) is 15.8. The maximum absolute atomic E-state index is 13.3. The summed E-state index contributed by atoms with van der Waals surface area (Å²) < 4.78 is 26.7. The van der Waals surface area contributed by atoms with E-state index in [1.165, 1.54) is 0 Å². The number of nitriles is 1. The smallest absolute Gasteiger partial charge is 0.304 e. The molecule has 0 bridgehead atoms. The van der Waals surface area contributed by atoms with Gasteiger partial charge in [0.2, 0.25) is 11.8 Å². The summed E-state index contributed by atoms with van der Waals surface area (Å²) in [6.45, 7) is 0. The van der Waals surface area contributed by atoms with Crippen molar-refractivity contribution in [2.24, 2.45) is 17.8 Å². The Morgan fingerprint density at radius 1 is 1.43 bits per heavy atom. The van der Waals surface area contributed by atoms with Gasteiger partial charge in [0.05, 0.1) is 30.4 Å². The van der Waals surface area contributed by atoms with Crippen LogP contribution in [0.4, 0.5) is 8.78 Å². The molecule has 0 radical (unpaired) electrons. The number of carboxylic acids is 1. The minimum atomic E-state index is -3.05. The van der Waals surface area contributed by atoms with Crippen molar-refractivity contribution in [1.29, 1.82) is 5.26 Å². The number of carbonyl (C=O) groups excluding carboxylic acids is 2. The first-order chi connectivity index (χ1) is 9.73. The second kappa shape index (κ2) is 5.39. The molecule has 114 valence electrons. The molecule has 0 aromatic rings. The summed E-state index contributed by atoms with van der Waals surface area (Å²) in [4.78, 5) is 34.4. The molecule has 2 aliphatic rings. The van der Waals surface area contributed by atoms with Crippen LogP contribution in [0.3, 0.4) is 0 Å². The number of nitrogens with one attached hydrogen (secondary N) is 1. The summed E-state index contributed by atoms with van der Waals surface area (Å²) in [5.41, 5.74) is 0. The molecule has 2 fully saturated rings. The summed E-state index contributed by atoms with van der Waals surface area (Å²) in [6.07, 6.45) is -1.78. The summed E-state index contributed by atoms with van der Waals surface area (Å²) in [7, 11) is 0. The predicted octanol–water partition coefficient (Wildman–Crippen LogP) is 0.720. The third kappa shape index (κ3) is 3.17. The molecular formula is C13H14F2N2O4. The van der Waals surface area contributed by atoms with Gasteiger partial charge in [-0.25, -0.2) is 8.78 Å². The molecule has 21 heavy (non-hydrogen) atoms. The number of aliphatic carboxylic acids is 1. The Balaban J connectivity index is 2.06. The molecule has 0 aromatic carbocycles. The van der Waals surface area contributed by atoms with Crippen LogP contribution in [0.2, 0.25) is 0 Å². The summed E-state index contributed by atoms with van der Waals surface area (Å²) in [5.74, 6) is -8.38. The van der Waals surface area contributed by atoms with Crippen molar-refractivity contribution in [3.8, 4) is 6.07 Å². The van der Waals surface area contributed by atoms with Crippen LogP contribution in [0.25, 0.3) is 0 Å². The largest absolute Gasteiger partial charge is 0.481 e. The van der Waals surface area contributed by atoms with Crippen molar-refractivity contribution in [2.75, 3.05) is 0 Å². The van der Waals surface area contributed by atoms with Gasteiger partial charge in [0, 0.05) is 18.8 Å². The van der Waals surface area contributed by atoms with E-state index in [2.05, 4.69) is 5.32 Å². The number of carboxylic acid groups (broad SMARTS) is 1. The first-order valence-electron chi connectivity index (χ1n) is 6.57. The fourth-order valence-corrected chi connectivity index (χ4v) is 3.02. The molecule has 8 heteroatoms. The van der Waals surface area contributed by atoms with Crippen LogP contribution >= 0.6 is 0 Å². The summed E-state index contributed by atoms with van der Waals surface area (Å²) in [6, 6.07) is 0.746. The van der Waals surface area contributed by atoms with Gasteiger partial charge in [-0.05, 0) is 6.42 Å². The summed E-state index contributed by atoms with van der Waals surface area (Å²) in [5, 5.41) is 19.9. The number of ketones is 1. The number of nitrogens with zero attached hydrogens (tertiary/aromatic N) is 1. The highest BCUT2D eigenvalue weighted by Crippen LogP contribution is 2.44. The predicted molar refractivity (Wildman–Crippen MR) is 64.1 cm³/mol. The molecule has 1 saturated carbocycles. The van der Waals surface area contributed by atoms with E-state index in [0.29, 0.717) is 0 Å². The van der Waals surface area contributed by atoms with Crippen molar-refractivity contribution in [2.45, 2.75) is 37.6 Å². The van der Waals surface area contributed by atoms with Gasteiger partial charge in [-0.2, -0.15) is 5.26 Å². The third-order valence-electron chi connectivity index (χ3n) is 4.03. The van der Waals surface area contributed by atoms with Gasteiger partial charge >= 0.3 is 5.97 Å². The van der Waals surface area contributed by atoms with Gasteiger partial charge in [-0.15, -0.1) is 0 Å². The second-order valence-electron chi connectivity index (χ2n) is 5.60. The molecule has 1 aliphatic heterocycles. The highest BCUT2D eigenvalue weighted by Gasteiger charge is 2.52. The van der Waals surface area contributed by atoms with E-state index in [9.17, 15) is 23.2 Å². The zero-order valence-electron chi connectivity index (χ0n) is 11.0. The highest BCUT2D eigenvalue weighted by molar-refractivity contribution is 5.95. The van der Waals surface area contributed by atoms with Crippen LogP contribution in [0.5, 0.6) is 0 Å². The number of amides is 1. The highest BCUT2D eigenvalue weighted by atomic mass is 19.3. The fourth-order valence-electron chi connectivity index (χ4n) is 3.02. The number of carbonyl (C=O) groups is 3. The second-order valence-corrected chi connectivity index (χ2v) is 5.60. The normalized spacial score (nSPS) is 34.2. The lowest BCUT2D eigenvalue weighted by atomic mass is 9.87. The molecule has 4 atom stereocenters. The minimum Gasteiger partial charge on any atom is -0.481 e. The van der Waals surface area contributed by atoms with Crippen LogP contribution in [0.1, 0.15) is 25.7 Å². The first-order valence-corrected chi connectivity index (χ1v) is 6.57. The van der Waals surface area contributed by atoms with Crippen molar-refractivity contribution < 1.29 is 28.3 Å². The van der Waals surface area contributed by atoms with Gasteiger partial charge in [0.1, 0.15) is 0 Å². The van der Waals surface area contributed by atoms with E-state index in [1.807, 2.05) is 0 Å². The SMILES string of the molecule is N#C[C@@H]1CC(F)(F)CC1C(=O)[C@@H]1C[C@@H](CC(=O)O)C(=O)N1. The van der Waals surface area contributed by atoms with Crippen LogP contribution < -0.4 is 5.32 Å². The zero-order valence-corrected chi connectivity index (χ0v) is 11.0. The summed E-state index contributed by atoms with van der Waals surface area (Å²) >= 11 is 0. The quantitative estimate of drug-likeness (QED) is 0.795. The third-order valence-corrected chi connectivity index (χ3v) is 4.03. The molecule has 0 spiro atoms. The van der Waals surface area contributed by atoms with E-state index < -0.39 is 66.6 Å². The van der Waals surface area contributed by atoms with E-state index in [0.717, 1.165) is 0 Å². The first kappa shape index (κ1) is 15.4. The lowest BCUT2D eigenvalue weighted by Gasteiger charge is -2.16. The van der Waals surface area contributed by atoms with Crippen molar-refractivity contribution in [3.05, 3.63) is 0 Å². The maximum atomic E-state index is 13.3. The molecule has 1 amide bonds. The van der Waals surface area contributed by atoms with Crippen molar-refractivity contribution in [3.63, 3.8) is 0 Å². The number of hydrogen-bond donors (Lipinski definition) is 2. The van der Waals surface area contributed by atoms with Crippen LogP contribution in [0.15, 0.2) is 0 Å². The van der Waals surface area contributed by atoms with Gasteiger partial charge < -0.3 is 10.4 Å². The molecule has 1 unspecified atom stereocenters. The topological polar surface area (TPSA) is 107 Å². The average Bonchev–Trinajstić information content (AvgIpc) is 2.88. The molecular weight excluding hydrogens is 286 g/mol.